The van der Waals surface area contributed by atoms with Crippen molar-refractivity contribution >= 4 is 42.6 Å². The van der Waals surface area contributed by atoms with Crippen molar-refractivity contribution in [1.82, 2.24) is 9.29 Å². The van der Waals surface area contributed by atoms with Gasteiger partial charge in [-0.3, -0.25) is 10.1 Å². The monoisotopic (exact) mass is 443 g/mol. The summed E-state index contributed by atoms with van der Waals surface area (Å²) in [6, 6.07) is 12.2. The Morgan fingerprint density at radius 2 is 1.77 bits per heavy atom. The maximum Gasteiger partial charge on any atom is 0.257 e. The fraction of sp³-hybridized carbons (Fsp3) is 0.364. The van der Waals surface area contributed by atoms with Gasteiger partial charge in [-0.25, -0.2) is 13.4 Å². The van der Waals surface area contributed by atoms with E-state index in [2.05, 4.69) is 30.2 Å². The van der Waals surface area contributed by atoms with Crippen LogP contribution in [0.25, 0.3) is 10.2 Å². The third-order valence-electron chi connectivity index (χ3n) is 5.36. The lowest BCUT2D eigenvalue weighted by molar-refractivity contribution is 0.102. The number of piperidine rings is 1. The van der Waals surface area contributed by atoms with E-state index in [4.69, 9.17) is 0 Å². The Morgan fingerprint density at radius 3 is 2.43 bits per heavy atom. The normalized spacial score (nSPS) is 15.6. The van der Waals surface area contributed by atoms with Crippen molar-refractivity contribution in [2.45, 2.75) is 43.9 Å². The average molecular weight is 444 g/mol. The number of nitrogens with zero attached hydrogens (tertiary/aromatic N) is 2. The van der Waals surface area contributed by atoms with Gasteiger partial charge in [-0.15, -0.1) is 0 Å². The van der Waals surface area contributed by atoms with Crippen molar-refractivity contribution < 1.29 is 13.2 Å². The molecule has 1 fully saturated rings. The molecular formula is C22H25N3O3S2. The number of carbonyl (C=O) groups is 1. The van der Waals surface area contributed by atoms with Crippen LogP contribution in [0.5, 0.6) is 0 Å². The number of para-hydroxylation sites is 1. The number of aromatic nitrogens is 1. The summed E-state index contributed by atoms with van der Waals surface area (Å²) in [5.41, 5.74) is 2.46. The lowest BCUT2D eigenvalue weighted by Crippen LogP contribution is -2.35. The second kappa shape index (κ2) is 8.45. The molecule has 4 rings (SSSR count). The maximum absolute atomic E-state index is 12.8. The van der Waals surface area contributed by atoms with Gasteiger partial charge >= 0.3 is 0 Å². The van der Waals surface area contributed by atoms with Gasteiger partial charge in [-0.2, -0.15) is 4.31 Å². The van der Waals surface area contributed by atoms with Gasteiger partial charge in [0.2, 0.25) is 10.0 Å². The summed E-state index contributed by atoms with van der Waals surface area (Å²) in [6.07, 6.45) is 2.84. The van der Waals surface area contributed by atoms with Crippen LogP contribution in [0.15, 0.2) is 47.4 Å². The third kappa shape index (κ3) is 4.12. The van der Waals surface area contributed by atoms with Crippen molar-refractivity contribution in [2.75, 3.05) is 18.4 Å². The molecule has 0 bridgehead atoms. The first-order chi connectivity index (χ1) is 14.4. The number of amides is 1. The van der Waals surface area contributed by atoms with Crippen LogP contribution in [0.1, 0.15) is 54.9 Å². The highest BCUT2D eigenvalue weighted by atomic mass is 32.2. The van der Waals surface area contributed by atoms with E-state index in [-0.39, 0.29) is 10.8 Å². The van der Waals surface area contributed by atoms with Gasteiger partial charge in [0.1, 0.15) is 0 Å². The molecule has 0 atom stereocenters. The van der Waals surface area contributed by atoms with E-state index in [0.29, 0.717) is 29.7 Å². The SMILES string of the molecule is CC(C)c1cccc2sc(NC(=O)c3ccc(S(=O)(=O)N4CCCCC4)cc3)nc12. The highest BCUT2D eigenvalue weighted by Crippen LogP contribution is 2.32. The van der Waals surface area contributed by atoms with Crippen molar-refractivity contribution in [3.8, 4) is 0 Å². The Labute approximate surface area is 181 Å². The Hall–Kier alpha value is -2.29. The first-order valence-electron chi connectivity index (χ1n) is 10.2. The van der Waals surface area contributed by atoms with Gasteiger partial charge in [-0.1, -0.05) is 43.7 Å². The van der Waals surface area contributed by atoms with Crippen molar-refractivity contribution in [3.63, 3.8) is 0 Å². The van der Waals surface area contributed by atoms with Gasteiger partial charge in [-0.05, 0) is 54.7 Å². The Bertz CT molecular complexity index is 1160. The number of fused-ring (bicyclic) bond motifs is 1. The van der Waals surface area contributed by atoms with E-state index in [1.165, 1.54) is 27.8 Å². The molecule has 8 heteroatoms. The number of rotatable bonds is 5. The van der Waals surface area contributed by atoms with E-state index in [1.807, 2.05) is 12.1 Å². The summed E-state index contributed by atoms with van der Waals surface area (Å²) in [7, 11) is -3.50. The molecule has 30 heavy (non-hydrogen) atoms. The first-order valence-corrected chi connectivity index (χ1v) is 12.4. The topological polar surface area (TPSA) is 79.4 Å². The van der Waals surface area contributed by atoms with Gasteiger partial charge in [0, 0.05) is 18.7 Å². The van der Waals surface area contributed by atoms with Crippen molar-refractivity contribution in [2.24, 2.45) is 0 Å². The smallest absolute Gasteiger partial charge is 0.257 e. The van der Waals surface area contributed by atoms with E-state index in [0.717, 1.165) is 35.0 Å². The summed E-state index contributed by atoms with van der Waals surface area (Å²) in [5.74, 6) is 0.0378. The van der Waals surface area contributed by atoms with Crippen LogP contribution in [-0.2, 0) is 10.0 Å². The van der Waals surface area contributed by atoms with Crippen LogP contribution in [-0.4, -0.2) is 36.7 Å². The van der Waals surface area contributed by atoms with Crippen LogP contribution < -0.4 is 5.32 Å². The first kappa shape index (κ1) is 21.0. The molecule has 1 aliphatic heterocycles. The zero-order chi connectivity index (χ0) is 21.3. The standard InChI is InChI=1S/C22H25N3O3S2/c1-15(2)18-7-6-8-19-20(18)23-22(29-19)24-21(26)16-9-11-17(12-10-16)30(27,28)25-13-4-3-5-14-25/h6-12,15H,3-5,13-14H2,1-2H3,(H,23,24,26). The van der Waals surface area contributed by atoms with E-state index in [1.54, 1.807) is 12.1 Å². The van der Waals surface area contributed by atoms with E-state index >= 15 is 0 Å². The van der Waals surface area contributed by atoms with Crippen LogP contribution >= 0.6 is 11.3 Å². The molecule has 1 N–H and O–H groups in total. The molecule has 3 aromatic rings. The number of hydrogen-bond donors (Lipinski definition) is 1. The molecule has 1 aliphatic rings. The van der Waals surface area contributed by atoms with E-state index < -0.39 is 10.0 Å². The van der Waals surface area contributed by atoms with E-state index in [9.17, 15) is 13.2 Å². The minimum Gasteiger partial charge on any atom is -0.298 e. The lowest BCUT2D eigenvalue weighted by Gasteiger charge is -2.25. The molecule has 0 saturated carbocycles. The summed E-state index contributed by atoms with van der Waals surface area (Å²) in [4.78, 5) is 17.5. The fourth-order valence-electron chi connectivity index (χ4n) is 3.69. The van der Waals surface area contributed by atoms with Crippen LogP contribution in [0.3, 0.4) is 0 Å². The third-order valence-corrected chi connectivity index (χ3v) is 8.21. The molecular weight excluding hydrogens is 418 g/mol. The Morgan fingerprint density at radius 1 is 1.07 bits per heavy atom. The molecule has 6 nitrogen and oxygen atoms in total. The minimum atomic E-state index is -3.50. The van der Waals surface area contributed by atoms with Crippen LogP contribution in [0, 0.1) is 0 Å². The highest BCUT2D eigenvalue weighted by Gasteiger charge is 2.26. The number of hydrogen-bond acceptors (Lipinski definition) is 5. The summed E-state index contributed by atoms with van der Waals surface area (Å²) >= 11 is 1.43. The molecule has 158 valence electrons. The average Bonchev–Trinajstić information content (AvgIpc) is 3.16. The minimum absolute atomic E-state index is 0.225. The summed E-state index contributed by atoms with van der Waals surface area (Å²) in [6.45, 7) is 5.35. The molecule has 0 unspecified atom stereocenters. The van der Waals surface area contributed by atoms with Crippen molar-refractivity contribution in [3.05, 3.63) is 53.6 Å². The number of anilines is 1. The quantitative estimate of drug-likeness (QED) is 0.611. The number of benzene rings is 2. The number of thiazole rings is 1. The van der Waals surface area contributed by atoms with Gasteiger partial charge in [0.15, 0.2) is 5.13 Å². The molecule has 2 aromatic carbocycles. The Balaban J connectivity index is 1.52. The largest absolute Gasteiger partial charge is 0.298 e. The number of carbonyl (C=O) groups excluding carboxylic acids is 1. The molecule has 0 aliphatic carbocycles. The second-order valence-electron chi connectivity index (χ2n) is 7.81. The highest BCUT2D eigenvalue weighted by molar-refractivity contribution is 7.89. The maximum atomic E-state index is 12.8. The fourth-order valence-corrected chi connectivity index (χ4v) is 6.10. The predicted octanol–water partition coefficient (Wildman–Crippen LogP) is 4.85. The number of sulfonamides is 1. The zero-order valence-corrected chi connectivity index (χ0v) is 18.7. The summed E-state index contributed by atoms with van der Waals surface area (Å²) in [5, 5.41) is 3.38. The zero-order valence-electron chi connectivity index (χ0n) is 17.1. The van der Waals surface area contributed by atoms with Crippen LogP contribution in [0.4, 0.5) is 5.13 Å². The second-order valence-corrected chi connectivity index (χ2v) is 10.8. The molecule has 2 heterocycles. The van der Waals surface area contributed by atoms with Gasteiger partial charge in [0.25, 0.3) is 5.91 Å². The molecule has 1 aromatic heterocycles. The molecule has 1 amide bonds. The van der Waals surface area contributed by atoms with Crippen LogP contribution in [0.2, 0.25) is 0 Å². The molecule has 0 spiro atoms. The van der Waals surface area contributed by atoms with Gasteiger partial charge in [0.05, 0.1) is 15.1 Å². The molecule has 1 saturated heterocycles. The Kier molecular flexibility index (Phi) is 5.90. The predicted molar refractivity (Wildman–Crippen MR) is 121 cm³/mol. The molecule has 0 radical (unpaired) electrons. The number of nitrogens with one attached hydrogen (secondary N) is 1. The summed E-state index contributed by atoms with van der Waals surface area (Å²) < 4.78 is 28.1. The van der Waals surface area contributed by atoms with Gasteiger partial charge < -0.3 is 0 Å². The van der Waals surface area contributed by atoms with Crippen molar-refractivity contribution in [1.29, 1.82) is 0 Å². The lowest BCUT2D eigenvalue weighted by atomic mass is 10.0.